The average molecular weight is 402 g/mol. The molecule has 140 valence electrons. The molecular formula is C20H20ClN3O2S. The van der Waals surface area contributed by atoms with Gasteiger partial charge in [-0.25, -0.2) is 0 Å². The van der Waals surface area contributed by atoms with Gasteiger partial charge >= 0.3 is 0 Å². The van der Waals surface area contributed by atoms with E-state index in [0.717, 1.165) is 16.7 Å². The molecule has 1 atom stereocenters. The van der Waals surface area contributed by atoms with E-state index in [-0.39, 0.29) is 17.7 Å². The lowest BCUT2D eigenvalue weighted by molar-refractivity contribution is -0.119. The Balaban J connectivity index is 1.56. The Kier molecular flexibility index (Phi) is 6.19. The maximum absolute atomic E-state index is 12.2. The van der Waals surface area contributed by atoms with Gasteiger partial charge in [-0.1, -0.05) is 41.6 Å². The molecule has 0 aliphatic heterocycles. The first-order valence-corrected chi connectivity index (χ1v) is 9.87. The van der Waals surface area contributed by atoms with Gasteiger partial charge in [0.15, 0.2) is 0 Å². The molecule has 27 heavy (non-hydrogen) atoms. The van der Waals surface area contributed by atoms with E-state index in [0.29, 0.717) is 16.1 Å². The standard InChI is InChI=1S/C20H20ClN3O2S/c1-12-7-8-16(9-13(12)2)19-23-24-20(26-19)27-11-18(25)22-14(3)15-5-4-6-17(21)10-15/h4-10,14H,11H2,1-3H3,(H,22,25)/t14-/m0/s1. The third kappa shape index (κ3) is 5.11. The maximum atomic E-state index is 12.2. The molecule has 0 unspecified atom stereocenters. The van der Waals surface area contributed by atoms with E-state index in [9.17, 15) is 4.79 Å². The summed E-state index contributed by atoms with van der Waals surface area (Å²) in [7, 11) is 0. The SMILES string of the molecule is Cc1ccc(-c2nnc(SCC(=O)N[C@@H](C)c3cccc(Cl)c3)o2)cc1C. The molecule has 1 N–H and O–H groups in total. The van der Waals surface area contributed by atoms with Crippen molar-refractivity contribution in [1.82, 2.24) is 15.5 Å². The number of carbonyl (C=O) groups excluding carboxylic acids is 1. The molecule has 0 spiro atoms. The Bertz CT molecular complexity index is 958. The van der Waals surface area contributed by atoms with Gasteiger partial charge in [0.25, 0.3) is 5.22 Å². The second kappa shape index (κ2) is 8.59. The van der Waals surface area contributed by atoms with Gasteiger partial charge in [-0.15, -0.1) is 10.2 Å². The Labute approximate surface area is 167 Å². The van der Waals surface area contributed by atoms with E-state index in [1.165, 1.54) is 17.3 Å². The molecule has 0 radical (unpaired) electrons. The van der Waals surface area contributed by atoms with Gasteiger partial charge < -0.3 is 9.73 Å². The number of nitrogens with one attached hydrogen (secondary N) is 1. The third-order valence-corrected chi connectivity index (χ3v) is 5.27. The van der Waals surface area contributed by atoms with Crippen molar-refractivity contribution < 1.29 is 9.21 Å². The molecule has 1 aromatic heterocycles. The van der Waals surface area contributed by atoms with Gasteiger partial charge in [0, 0.05) is 10.6 Å². The number of hydrogen-bond acceptors (Lipinski definition) is 5. The summed E-state index contributed by atoms with van der Waals surface area (Å²) in [5.41, 5.74) is 4.19. The van der Waals surface area contributed by atoms with Crippen LogP contribution in [-0.4, -0.2) is 21.9 Å². The number of aromatic nitrogens is 2. The van der Waals surface area contributed by atoms with Gasteiger partial charge in [0.2, 0.25) is 11.8 Å². The zero-order valence-corrected chi connectivity index (χ0v) is 16.9. The minimum Gasteiger partial charge on any atom is -0.411 e. The number of amides is 1. The van der Waals surface area contributed by atoms with Crippen LogP contribution in [0.5, 0.6) is 0 Å². The molecular weight excluding hydrogens is 382 g/mol. The van der Waals surface area contributed by atoms with Crippen LogP contribution in [0.25, 0.3) is 11.5 Å². The minimum absolute atomic E-state index is 0.113. The summed E-state index contributed by atoms with van der Waals surface area (Å²) in [5, 5.41) is 12.0. The predicted molar refractivity (Wildman–Crippen MR) is 108 cm³/mol. The molecule has 1 amide bonds. The van der Waals surface area contributed by atoms with Gasteiger partial charge in [-0.05, 0) is 61.7 Å². The summed E-state index contributed by atoms with van der Waals surface area (Å²) in [4.78, 5) is 12.2. The Morgan fingerprint density at radius 1 is 1.19 bits per heavy atom. The fourth-order valence-corrected chi connectivity index (χ4v) is 3.30. The van der Waals surface area contributed by atoms with E-state index in [1.54, 1.807) is 6.07 Å². The van der Waals surface area contributed by atoms with Crippen LogP contribution in [0.4, 0.5) is 0 Å². The zero-order valence-electron chi connectivity index (χ0n) is 15.3. The van der Waals surface area contributed by atoms with E-state index in [1.807, 2.05) is 50.2 Å². The number of nitrogens with zero attached hydrogens (tertiary/aromatic N) is 2. The quantitative estimate of drug-likeness (QED) is 0.590. The van der Waals surface area contributed by atoms with E-state index < -0.39 is 0 Å². The third-order valence-electron chi connectivity index (χ3n) is 4.21. The zero-order chi connectivity index (χ0) is 19.4. The van der Waals surface area contributed by atoms with Crippen LogP contribution in [0, 0.1) is 13.8 Å². The molecule has 0 aliphatic carbocycles. The first-order valence-electron chi connectivity index (χ1n) is 8.51. The summed E-state index contributed by atoms with van der Waals surface area (Å²) >= 11 is 7.21. The molecule has 0 saturated carbocycles. The van der Waals surface area contributed by atoms with Crippen molar-refractivity contribution in [3.8, 4) is 11.5 Å². The van der Waals surface area contributed by atoms with Crippen LogP contribution in [-0.2, 0) is 4.79 Å². The van der Waals surface area contributed by atoms with Gasteiger partial charge in [-0.2, -0.15) is 0 Å². The molecule has 5 nitrogen and oxygen atoms in total. The highest BCUT2D eigenvalue weighted by Crippen LogP contribution is 2.25. The first kappa shape index (κ1) is 19.5. The van der Waals surface area contributed by atoms with Crippen molar-refractivity contribution in [2.45, 2.75) is 32.0 Å². The van der Waals surface area contributed by atoms with Crippen LogP contribution in [0.2, 0.25) is 5.02 Å². The summed E-state index contributed by atoms with van der Waals surface area (Å²) in [5.74, 6) is 0.533. The molecule has 1 heterocycles. The van der Waals surface area contributed by atoms with Crippen molar-refractivity contribution >= 4 is 29.3 Å². The molecule has 2 aromatic carbocycles. The first-order chi connectivity index (χ1) is 12.9. The second-order valence-corrected chi connectivity index (χ2v) is 7.67. The van der Waals surface area contributed by atoms with E-state index in [2.05, 4.69) is 22.4 Å². The number of benzene rings is 2. The van der Waals surface area contributed by atoms with Crippen LogP contribution < -0.4 is 5.32 Å². The molecule has 0 fully saturated rings. The highest BCUT2D eigenvalue weighted by molar-refractivity contribution is 7.99. The van der Waals surface area contributed by atoms with Crippen LogP contribution in [0.1, 0.15) is 29.7 Å². The summed E-state index contributed by atoms with van der Waals surface area (Å²) in [6, 6.07) is 13.3. The highest BCUT2D eigenvalue weighted by atomic mass is 35.5. The lowest BCUT2D eigenvalue weighted by Gasteiger charge is -2.14. The second-order valence-electron chi connectivity index (χ2n) is 6.31. The molecule has 3 aromatic rings. The van der Waals surface area contributed by atoms with Crippen molar-refractivity contribution in [2.24, 2.45) is 0 Å². The molecule has 7 heteroatoms. The predicted octanol–water partition coefficient (Wildman–Crippen LogP) is 4.98. The number of thioether (sulfide) groups is 1. The van der Waals surface area contributed by atoms with Crippen molar-refractivity contribution in [3.63, 3.8) is 0 Å². The summed E-state index contributed by atoms with van der Waals surface area (Å²) in [6.45, 7) is 6.01. The smallest absolute Gasteiger partial charge is 0.277 e. The van der Waals surface area contributed by atoms with Crippen molar-refractivity contribution in [1.29, 1.82) is 0 Å². The Hall–Kier alpha value is -2.31. The largest absolute Gasteiger partial charge is 0.411 e. The van der Waals surface area contributed by atoms with Crippen LogP contribution in [0.15, 0.2) is 52.1 Å². The van der Waals surface area contributed by atoms with Crippen LogP contribution in [0.3, 0.4) is 0 Å². The minimum atomic E-state index is -0.134. The van der Waals surface area contributed by atoms with Crippen molar-refractivity contribution in [2.75, 3.05) is 5.75 Å². The van der Waals surface area contributed by atoms with E-state index in [4.69, 9.17) is 16.0 Å². The van der Waals surface area contributed by atoms with E-state index >= 15 is 0 Å². The number of halogens is 1. The summed E-state index contributed by atoms with van der Waals surface area (Å²) < 4.78 is 5.66. The number of rotatable bonds is 6. The van der Waals surface area contributed by atoms with Crippen LogP contribution >= 0.6 is 23.4 Å². The monoisotopic (exact) mass is 401 g/mol. The Morgan fingerprint density at radius 3 is 2.74 bits per heavy atom. The number of hydrogen-bond donors (Lipinski definition) is 1. The van der Waals surface area contributed by atoms with Gasteiger partial charge in [0.1, 0.15) is 0 Å². The normalized spacial score (nSPS) is 12.0. The lowest BCUT2D eigenvalue weighted by Crippen LogP contribution is -2.28. The van der Waals surface area contributed by atoms with Gasteiger partial charge in [0.05, 0.1) is 11.8 Å². The molecule has 0 saturated heterocycles. The number of aryl methyl sites for hydroxylation is 2. The van der Waals surface area contributed by atoms with Gasteiger partial charge in [-0.3, -0.25) is 4.79 Å². The highest BCUT2D eigenvalue weighted by Gasteiger charge is 2.14. The fourth-order valence-electron chi connectivity index (χ4n) is 2.53. The topological polar surface area (TPSA) is 68.0 Å². The Morgan fingerprint density at radius 2 is 2.00 bits per heavy atom. The van der Waals surface area contributed by atoms with Crippen molar-refractivity contribution in [3.05, 3.63) is 64.2 Å². The molecule has 3 rings (SSSR count). The fraction of sp³-hybridized carbons (Fsp3) is 0.250. The molecule has 0 aliphatic rings. The number of carbonyl (C=O) groups is 1. The maximum Gasteiger partial charge on any atom is 0.277 e. The molecule has 0 bridgehead atoms. The average Bonchev–Trinajstić information content (AvgIpc) is 3.11. The summed E-state index contributed by atoms with van der Waals surface area (Å²) in [6.07, 6.45) is 0. The lowest BCUT2D eigenvalue weighted by atomic mass is 10.1.